The van der Waals surface area contributed by atoms with E-state index in [4.69, 9.17) is 0 Å². The van der Waals surface area contributed by atoms with Gasteiger partial charge >= 0.3 is 5.97 Å². The van der Waals surface area contributed by atoms with Gasteiger partial charge in [-0.3, -0.25) is 9.67 Å². The molecule has 0 saturated carbocycles. The van der Waals surface area contributed by atoms with Gasteiger partial charge in [-0.1, -0.05) is 0 Å². The summed E-state index contributed by atoms with van der Waals surface area (Å²) in [5.74, 6) is 0.0138. The van der Waals surface area contributed by atoms with E-state index in [0.29, 0.717) is 12.4 Å². The van der Waals surface area contributed by atoms with Crippen LogP contribution < -0.4 is 5.32 Å². The van der Waals surface area contributed by atoms with E-state index in [1.165, 1.54) is 13.3 Å². The Morgan fingerprint density at radius 3 is 2.89 bits per heavy atom. The lowest BCUT2D eigenvalue weighted by molar-refractivity contribution is 0.0593. The highest BCUT2D eigenvalue weighted by Gasteiger charge is 2.09. The second-order valence-corrected chi connectivity index (χ2v) is 4.05. The standard InChI is InChI=1S/C12H15N5O2/c1-8-9(7-17(2)16-8)4-14-11-6-13-5-10(15-11)12(18)19-3/h5-7H,4H2,1-3H3,(H,14,15). The highest BCUT2D eigenvalue weighted by atomic mass is 16.5. The minimum atomic E-state index is -0.506. The van der Waals surface area contributed by atoms with Gasteiger partial charge in [-0.25, -0.2) is 9.78 Å². The highest BCUT2D eigenvalue weighted by Crippen LogP contribution is 2.09. The fraction of sp³-hybridized carbons (Fsp3) is 0.333. The van der Waals surface area contributed by atoms with E-state index in [9.17, 15) is 4.79 Å². The highest BCUT2D eigenvalue weighted by molar-refractivity contribution is 5.87. The molecule has 2 aromatic rings. The number of methoxy groups -OCH3 is 1. The molecular weight excluding hydrogens is 246 g/mol. The molecule has 100 valence electrons. The van der Waals surface area contributed by atoms with Crippen molar-refractivity contribution in [1.29, 1.82) is 0 Å². The van der Waals surface area contributed by atoms with Crippen LogP contribution in [0.3, 0.4) is 0 Å². The van der Waals surface area contributed by atoms with Gasteiger partial charge in [0.05, 0.1) is 25.2 Å². The Kier molecular flexibility index (Phi) is 3.74. The molecule has 2 aromatic heterocycles. The van der Waals surface area contributed by atoms with Crippen molar-refractivity contribution in [3.05, 3.63) is 35.5 Å². The van der Waals surface area contributed by atoms with Crippen LogP contribution in [-0.4, -0.2) is 32.8 Å². The fourth-order valence-electron chi connectivity index (χ4n) is 1.66. The second kappa shape index (κ2) is 5.47. The topological polar surface area (TPSA) is 81.9 Å². The van der Waals surface area contributed by atoms with Crippen molar-refractivity contribution < 1.29 is 9.53 Å². The summed E-state index contributed by atoms with van der Waals surface area (Å²) in [6, 6.07) is 0. The zero-order chi connectivity index (χ0) is 13.8. The third kappa shape index (κ3) is 3.06. The molecule has 19 heavy (non-hydrogen) atoms. The van der Waals surface area contributed by atoms with Gasteiger partial charge in [-0.15, -0.1) is 0 Å². The average Bonchev–Trinajstić information content (AvgIpc) is 2.74. The number of esters is 1. The molecule has 2 heterocycles. The van der Waals surface area contributed by atoms with E-state index in [1.54, 1.807) is 10.9 Å². The van der Waals surface area contributed by atoms with E-state index in [2.05, 4.69) is 25.1 Å². The van der Waals surface area contributed by atoms with Crippen LogP contribution in [0.15, 0.2) is 18.6 Å². The Balaban J connectivity index is 2.07. The van der Waals surface area contributed by atoms with E-state index >= 15 is 0 Å². The molecule has 0 aliphatic carbocycles. The molecule has 7 nitrogen and oxygen atoms in total. The number of hydrogen-bond donors (Lipinski definition) is 1. The zero-order valence-electron chi connectivity index (χ0n) is 11.0. The van der Waals surface area contributed by atoms with E-state index < -0.39 is 5.97 Å². The summed E-state index contributed by atoms with van der Waals surface area (Å²) < 4.78 is 6.35. The van der Waals surface area contributed by atoms with Gasteiger partial charge < -0.3 is 10.1 Å². The number of aryl methyl sites for hydroxylation is 2. The van der Waals surface area contributed by atoms with Crippen LogP contribution in [0.4, 0.5) is 5.82 Å². The van der Waals surface area contributed by atoms with Crippen LogP contribution in [0, 0.1) is 6.92 Å². The first-order valence-electron chi connectivity index (χ1n) is 5.73. The summed E-state index contributed by atoms with van der Waals surface area (Å²) in [5, 5.41) is 7.35. The number of carbonyl (C=O) groups excluding carboxylic acids is 1. The Hall–Kier alpha value is -2.44. The minimum absolute atomic E-state index is 0.176. The molecule has 0 fully saturated rings. The summed E-state index contributed by atoms with van der Waals surface area (Å²) >= 11 is 0. The number of ether oxygens (including phenoxy) is 1. The summed E-state index contributed by atoms with van der Waals surface area (Å²) in [6.45, 7) is 2.51. The quantitative estimate of drug-likeness (QED) is 0.824. The largest absolute Gasteiger partial charge is 0.464 e. The third-order valence-electron chi connectivity index (χ3n) is 2.60. The predicted molar refractivity (Wildman–Crippen MR) is 68.6 cm³/mol. The Morgan fingerprint density at radius 1 is 1.47 bits per heavy atom. The molecule has 1 N–H and O–H groups in total. The Morgan fingerprint density at radius 2 is 2.26 bits per heavy atom. The van der Waals surface area contributed by atoms with Crippen LogP contribution in [0.2, 0.25) is 0 Å². The lowest BCUT2D eigenvalue weighted by Gasteiger charge is -2.05. The summed E-state index contributed by atoms with van der Waals surface area (Å²) in [7, 11) is 3.18. The van der Waals surface area contributed by atoms with Gasteiger partial charge in [-0.2, -0.15) is 5.10 Å². The molecule has 0 atom stereocenters. The molecule has 0 spiro atoms. The van der Waals surface area contributed by atoms with Gasteiger partial charge in [0.15, 0.2) is 5.69 Å². The van der Waals surface area contributed by atoms with Crippen molar-refractivity contribution in [1.82, 2.24) is 19.7 Å². The van der Waals surface area contributed by atoms with Crippen molar-refractivity contribution in [3.8, 4) is 0 Å². The average molecular weight is 261 g/mol. The lowest BCUT2D eigenvalue weighted by Crippen LogP contribution is -2.08. The molecule has 0 aliphatic rings. The minimum Gasteiger partial charge on any atom is -0.464 e. The van der Waals surface area contributed by atoms with Gasteiger partial charge in [0.25, 0.3) is 0 Å². The van der Waals surface area contributed by atoms with Gasteiger partial charge in [0.2, 0.25) is 0 Å². The van der Waals surface area contributed by atoms with Crippen LogP contribution in [0.5, 0.6) is 0 Å². The molecule has 0 unspecified atom stereocenters. The molecule has 0 bridgehead atoms. The molecule has 0 radical (unpaired) electrons. The fourth-order valence-corrected chi connectivity index (χ4v) is 1.66. The normalized spacial score (nSPS) is 10.3. The molecule has 0 aromatic carbocycles. The Labute approximate surface area is 110 Å². The maximum absolute atomic E-state index is 11.3. The van der Waals surface area contributed by atoms with Crippen LogP contribution in [0.25, 0.3) is 0 Å². The number of anilines is 1. The van der Waals surface area contributed by atoms with E-state index in [1.807, 2.05) is 20.2 Å². The predicted octanol–water partition coefficient (Wildman–Crippen LogP) is 0.917. The number of hydrogen-bond acceptors (Lipinski definition) is 6. The maximum Gasteiger partial charge on any atom is 0.358 e. The first-order chi connectivity index (χ1) is 9.10. The van der Waals surface area contributed by atoms with Gasteiger partial charge in [-0.05, 0) is 6.92 Å². The van der Waals surface area contributed by atoms with Crippen LogP contribution in [0.1, 0.15) is 21.7 Å². The first-order valence-corrected chi connectivity index (χ1v) is 5.73. The lowest BCUT2D eigenvalue weighted by atomic mass is 10.2. The van der Waals surface area contributed by atoms with Crippen molar-refractivity contribution >= 4 is 11.8 Å². The van der Waals surface area contributed by atoms with Crippen molar-refractivity contribution in [2.75, 3.05) is 12.4 Å². The molecule has 0 saturated heterocycles. The van der Waals surface area contributed by atoms with Gasteiger partial charge in [0, 0.05) is 25.4 Å². The second-order valence-electron chi connectivity index (χ2n) is 4.05. The number of rotatable bonds is 4. The SMILES string of the molecule is COC(=O)c1cncc(NCc2cn(C)nc2C)n1. The molecule has 0 aliphatic heterocycles. The maximum atomic E-state index is 11.3. The van der Waals surface area contributed by atoms with E-state index in [-0.39, 0.29) is 5.69 Å². The smallest absolute Gasteiger partial charge is 0.358 e. The molecule has 7 heteroatoms. The summed E-state index contributed by atoms with van der Waals surface area (Å²) in [6.07, 6.45) is 4.85. The van der Waals surface area contributed by atoms with Crippen molar-refractivity contribution in [2.24, 2.45) is 7.05 Å². The monoisotopic (exact) mass is 261 g/mol. The molecule has 2 rings (SSSR count). The summed E-state index contributed by atoms with van der Waals surface area (Å²) in [4.78, 5) is 19.4. The van der Waals surface area contributed by atoms with Crippen molar-refractivity contribution in [2.45, 2.75) is 13.5 Å². The Bertz CT molecular complexity index is 594. The molecule has 0 amide bonds. The van der Waals surface area contributed by atoms with Crippen LogP contribution in [-0.2, 0) is 18.3 Å². The van der Waals surface area contributed by atoms with Gasteiger partial charge in [0.1, 0.15) is 5.82 Å². The number of carbonyl (C=O) groups is 1. The molecular formula is C12H15N5O2. The zero-order valence-corrected chi connectivity index (χ0v) is 11.0. The number of nitrogens with zero attached hydrogens (tertiary/aromatic N) is 4. The van der Waals surface area contributed by atoms with E-state index in [0.717, 1.165) is 11.3 Å². The van der Waals surface area contributed by atoms with Crippen LogP contribution >= 0.6 is 0 Å². The number of aromatic nitrogens is 4. The third-order valence-corrected chi connectivity index (χ3v) is 2.60. The summed E-state index contributed by atoms with van der Waals surface area (Å²) in [5.41, 5.74) is 2.19. The first kappa shape index (κ1) is 13.0. The van der Waals surface area contributed by atoms with Crippen molar-refractivity contribution in [3.63, 3.8) is 0 Å². The number of nitrogens with one attached hydrogen (secondary N) is 1.